The Bertz CT molecular complexity index is 741. The molecule has 132 valence electrons. The molecule has 0 fully saturated rings. The maximum atomic E-state index is 11.1. The lowest BCUT2D eigenvalue weighted by molar-refractivity contribution is -0.804. The smallest absolute Gasteiger partial charge is 0.414 e. The lowest BCUT2D eigenvalue weighted by atomic mass is 10.2. The van der Waals surface area contributed by atoms with Gasteiger partial charge in [0.15, 0.2) is 6.07 Å². The van der Waals surface area contributed by atoms with Crippen molar-refractivity contribution in [2.24, 2.45) is 0 Å². The molecule has 0 unspecified atom stereocenters. The Morgan fingerprint density at radius 3 is 2.36 bits per heavy atom. The number of rotatable bonds is 5. The Kier molecular flexibility index (Phi) is 7.55. The Morgan fingerprint density at radius 1 is 1.28 bits per heavy atom. The summed E-state index contributed by atoms with van der Waals surface area (Å²) in [5, 5.41) is 38.4. The molecule has 1 aromatic carbocycles. The van der Waals surface area contributed by atoms with Crippen LogP contribution < -0.4 is 4.90 Å². The van der Waals surface area contributed by atoms with E-state index in [0.29, 0.717) is 12.2 Å². The Balaban J connectivity index is 0.000000450. The van der Waals surface area contributed by atoms with E-state index in [2.05, 4.69) is 14.7 Å². The van der Waals surface area contributed by atoms with Crippen molar-refractivity contribution in [2.45, 2.75) is 20.0 Å². The van der Waals surface area contributed by atoms with Crippen LogP contribution >= 0.6 is 0 Å². The molecule has 1 aromatic heterocycles. The van der Waals surface area contributed by atoms with Crippen molar-refractivity contribution in [1.82, 2.24) is 10.1 Å². The third kappa shape index (κ3) is 6.28. The zero-order valence-corrected chi connectivity index (χ0v) is 13.3. The molecule has 1 heterocycles. The summed E-state index contributed by atoms with van der Waals surface area (Å²) in [4.78, 5) is 20.4. The number of carbonyl (C=O) groups is 2. The zero-order chi connectivity index (χ0) is 18.8. The normalized spacial score (nSPS) is 9.80. The van der Waals surface area contributed by atoms with Crippen LogP contribution in [0.4, 0.5) is 0 Å². The Hall–Kier alpha value is -3.45. The van der Waals surface area contributed by atoms with Gasteiger partial charge in [-0.15, -0.1) is 0 Å². The van der Waals surface area contributed by atoms with E-state index >= 15 is 0 Å². The van der Waals surface area contributed by atoms with Gasteiger partial charge in [-0.25, -0.2) is 9.59 Å². The molecule has 2 aromatic rings. The van der Waals surface area contributed by atoms with E-state index in [1.165, 1.54) is 5.56 Å². The molecule has 2 rings (SSSR count). The zero-order valence-electron chi connectivity index (χ0n) is 13.3. The SMILES string of the molecule is CCN(Cc1ccccc1)Cc1no[n+]([O-])c1C#N.O=C(O)C(=O)O. The first kappa shape index (κ1) is 19.6. The minimum atomic E-state index is -1.82. The summed E-state index contributed by atoms with van der Waals surface area (Å²) in [6, 6.07) is 11.8. The number of carboxylic acid groups (broad SMARTS) is 2. The highest BCUT2D eigenvalue weighted by Crippen LogP contribution is 2.09. The van der Waals surface area contributed by atoms with Gasteiger partial charge in [0, 0.05) is 11.7 Å². The molecule has 10 nitrogen and oxygen atoms in total. The molecule has 0 saturated carbocycles. The highest BCUT2D eigenvalue weighted by molar-refractivity contribution is 6.27. The summed E-state index contributed by atoms with van der Waals surface area (Å²) in [6.07, 6.45) is 0. The maximum absolute atomic E-state index is 11.1. The fourth-order valence-corrected chi connectivity index (χ4v) is 1.82. The molecule has 0 spiro atoms. The minimum absolute atomic E-state index is 0.0773. The molecule has 0 aliphatic rings. The van der Waals surface area contributed by atoms with Crippen LogP contribution in [-0.2, 0) is 22.7 Å². The quantitative estimate of drug-likeness (QED) is 0.575. The average Bonchev–Trinajstić information content (AvgIpc) is 2.95. The molecule has 2 N–H and O–H groups in total. The molecule has 0 aliphatic carbocycles. The lowest BCUT2D eigenvalue weighted by Crippen LogP contribution is -2.28. The number of aromatic nitrogens is 2. The maximum Gasteiger partial charge on any atom is 0.414 e. The molecule has 10 heteroatoms. The van der Waals surface area contributed by atoms with Crippen molar-refractivity contribution in [3.05, 3.63) is 52.5 Å². The van der Waals surface area contributed by atoms with Gasteiger partial charge in [0.1, 0.15) is 0 Å². The van der Waals surface area contributed by atoms with Crippen LogP contribution in [0, 0.1) is 16.5 Å². The standard InChI is InChI=1S/C13H14N4O2.C2H2O4/c1-2-16(9-11-6-4-3-5-7-11)10-12-13(8-14)17(18)19-15-12;3-1(4)2(5)6/h3-7H,2,9-10H2,1H3;(H,3,4)(H,5,6). The molecule has 0 aliphatic heterocycles. The van der Waals surface area contributed by atoms with Crippen LogP contribution in [0.5, 0.6) is 0 Å². The van der Waals surface area contributed by atoms with E-state index in [1.54, 1.807) is 6.07 Å². The molecule has 25 heavy (non-hydrogen) atoms. The minimum Gasteiger partial charge on any atom is -0.473 e. The van der Waals surface area contributed by atoms with Crippen molar-refractivity contribution in [1.29, 1.82) is 5.26 Å². The predicted molar refractivity (Wildman–Crippen MR) is 81.7 cm³/mol. The molecular weight excluding hydrogens is 332 g/mol. The molecule has 0 amide bonds. The molecular formula is C15H16N4O6. The fraction of sp³-hybridized carbons (Fsp3) is 0.267. The molecule has 0 saturated heterocycles. The van der Waals surface area contributed by atoms with E-state index in [0.717, 1.165) is 13.1 Å². The van der Waals surface area contributed by atoms with Crippen LogP contribution in [0.1, 0.15) is 23.9 Å². The summed E-state index contributed by atoms with van der Waals surface area (Å²) < 4.78 is 4.44. The monoisotopic (exact) mass is 348 g/mol. The van der Waals surface area contributed by atoms with Crippen molar-refractivity contribution < 1.29 is 29.3 Å². The van der Waals surface area contributed by atoms with E-state index in [1.807, 2.05) is 37.3 Å². The summed E-state index contributed by atoms with van der Waals surface area (Å²) in [6.45, 7) is 3.94. The van der Waals surface area contributed by atoms with Crippen molar-refractivity contribution in [3.8, 4) is 6.07 Å². The van der Waals surface area contributed by atoms with Crippen molar-refractivity contribution in [3.63, 3.8) is 0 Å². The van der Waals surface area contributed by atoms with E-state index in [-0.39, 0.29) is 10.6 Å². The summed E-state index contributed by atoms with van der Waals surface area (Å²) in [5.41, 5.74) is 1.46. The third-order valence-electron chi connectivity index (χ3n) is 3.04. The van der Waals surface area contributed by atoms with Gasteiger partial charge in [-0.1, -0.05) is 37.3 Å². The number of aliphatic carboxylic acids is 2. The number of hydrogen-bond acceptors (Lipinski definition) is 7. The van der Waals surface area contributed by atoms with E-state index in [4.69, 9.17) is 25.1 Å². The molecule has 0 radical (unpaired) electrons. The summed E-state index contributed by atoms with van der Waals surface area (Å²) >= 11 is 0. The van der Waals surface area contributed by atoms with Gasteiger partial charge in [0.05, 0.1) is 6.54 Å². The van der Waals surface area contributed by atoms with Crippen LogP contribution in [0.2, 0.25) is 0 Å². The Labute approximate surface area is 142 Å². The first-order chi connectivity index (χ1) is 11.9. The van der Waals surface area contributed by atoms with Gasteiger partial charge in [0.2, 0.25) is 0 Å². The lowest BCUT2D eigenvalue weighted by Gasteiger charge is -2.17. The fourth-order valence-electron chi connectivity index (χ4n) is 1.82. The van der Waals surface area contributed by atoms with Crippen LogP contribution in [-0.4, -0.2) is 38.8 Å². The highest BCUT2D eigenvalue weighted by atomic mass is 16.8. The number of benzene rings is 1. The molecule has 0 atom stereocenters. The predicted octanol–water partition coefficient (Wildman–Crippen LogP) is 0.357. The second-order valence-electron chi connectivity index (χ2n) is 4.74. The van der Waals surface area contributed by atoms with Crippen LogP contribution in [0.3, 0.4) is 0 Å². The average molecular weight is 348 g/mol. The van der Waals surface area contributed by atoms with Crippen molar-refractivity contribution in [2.75, 3.05) is 6.54 Å². The first-order valence-corrected chi connectivity index (χ1v) is 7.10. The van der Waals surface area contributed by atoms with Gasteiger partial charge in [-0.3, -0.25) is 9.53 Å². The third-order valence-corrected chi connectivity index (χ3v) is 3.04. The number of nitrogens with zero attached hydrogens (tertiary/aromatic N) is 4. The van der Waals surface area contributed by atoms with Gasteiger partial charge >= 0.3 is 11.9 Å². The van der Waals surface area contributed by atoms with Gasteiger partial charge in [-0.05, 0) is 17.0 Å². The Morgan fingerprint density at radius 2 is 1.88 bits per heavy atom. The van der Waals surface area contributed by atoms with Gasteiger partial charge in [0.25, 0.3) is 11.4 Å². The second-order valence-corrected chi connectivity index (χ2v) is 4.74. The largest absolute Gasteiger partial charge is 0.473 e. The second kappa shape index (κ2) is 9.64. The summed E-state index contributed by atoms with van der Waals surface area (Å²) in [7, 11) is 0. The van der Waals surface area contributed by atoms with E-state index < -0.39 is 11.9 Å². The van der Waals surface area contributed by atoms with Crippen LogP contribution in [0.15, 0.2) is 35.0 Å². The topological polar surface area (TPSA) is 155 Å². The van der Waals surface area contributed by atoms with Gasteiger partial charge in [-0.2, -0.15) is 5.26 Å². The number of carboxylic acids is 2. The number of hydrogen-bond donors (Lipinski definition) is 2. The van der Waals surface area contributed by atoms with E-state index in [9.17, 15) is 5.21 Å². The van der Waals surface area contributed by atoms with Crippen LogP contribution in [0.25, 0.3) is 0 Å². The molecule has 0 bridgehead atoms. The van der Waals surface area contributed by atoms with Gasteiger partial charge < -0.3 is 15.4 Å². The van der Waals surface area contributed by atoms with Crippen molar-refractivity contribution >= 4 is 11.9 Å². The number of nitriles is 1. The summed E-state index contributed by atoms with van der Waals surface area (Å²) in [5.74, 6) is -3.65. The highest BCUT2D eigenvalue weighted by Gasteiger charge is 2.21. The first-order valence-electron chi connectivity index (χ1n) is 7.10.